The molecule has 0 saturated heterocycles. The standard InChI is InChI=1S/C8H14N2O/c1-7(11)10-5-8(2,3)4-9-6-10/h6H,4-5H2,1-3H3. The van der Waals surface area contributed by atoms with E-state index in [2.05, 4.69) is 18.8 Å². The van der Waals surface area contributed by atoms with E-state index in [-0.39, 0.29) is 11.3 Å². The number of aliphatic imine (C=N–C) groups is 1. The molecule has 0 saturated carbocycles. The van der Waals surface area contributed by atoms with Crippen LogP contribution in [-0.2, 0) is 4.79 Å². The molecule has 1 heterocycles. The van der Waals surface area contributed by atoms with Crippen molar-refractivity contribution in [2.24, 2.45) is 10.4 Å². The molecular weight excluding hydrogens is 140 g/mol. The van der Waals surface area contributed by atoms with Crippen LogP contribution in [-0.4, -0.2) is 30.2 Å². The summed E-state index contributed by atoms with van der Waals surface area (Å²) in [5.41, 5.74) is 0.139. The number of nitrogens with zero attached hydrogens (tertiary/aromatic N) is 2. The number of carbonyl (C=O) groups is 1. The van der Waals surface area contributed by atoms with Gasteiger partial charge in [0.15, 0.2) is 0 Å². The van der Waals surface area contributed by atoms with Crippen molar-refractivity contribution in [2.45, 2.75) is 20.8 Å². The molecule has 62 valence electrons. The van der Waals surface area contributed by atoms with Gasteiger partial charge in [0.25, 0.3) is 0 Å². The van der Waals surface area contributed by atoms with Crippen molar-refractivity contribution < 1.29 is 4.79 Å². The van der Waals surface area contributed by atoms with Gasteiger partial charge in [-0.2, -0.15) is 0 Å². The van der Waals surface area contributed by atoms with Gasteiger partial charge in [-0.3, -0.25) is 9.79 Å². The zero-order chi connectivity index (χ0) is 8.48. The molecular formula is C8H14N2O. The first-order chi connectivity index (χ1) is 5.01. The summed E-state index contributed by atoms with van der Waals surface area (Å²) < 4.78 is 0. The monoisotopic (exact) mass is 154 g/mol. The van der Waals surface area contributed by atoms with Crippen LogP contribution in [0.2, 0.25) is 0 Å². The average molecular weight is 154 g/mol. The number of rotatable bonds is 0. The predicted molar refractivity (Wildman–Crippen MR) is 44.5 cm³/mol. The highest BCUT2D eigenvalue weighted by Crippen LogP contribution is 2.19. The second-order valence-electron chi connectivity index (χ2n) is 3.77. The summed E-state index contributed by atoms with van der Waals surface area (Å²) in [4.78, 5) is 16.7. The number of hydrogen-bond acceptors (Lipinski definition) is 2. The molecule has 0 N–H and O–H groups in total. The fraction of sp³-hybridized carbons (Fsp3) is 0.750. The Labute approximate surface area is 67.1 Å². The van der Waals surface area contributed by atoms with Crippen LogP contribution >= 0.6 is 0 Å². The first-order valence-electron chi connectivity index (χ1n) is 3.78. The minimum Gasteiger partial charge on any atom is -0.303 e. The van der Waals surface area contributed by atoms with Crippen molar-refractivity contribution in [1.82, 2.24) is 4.90 Å². The quantitative estimate of drug-likeness (QED) is 0.510. The van der Waals surface area contributed by atoms with Crippen molar-refractivity contribution in [1.29, 1.82) is 0 Å². The molecule has 0 radical (unpaired) electrons. The lowest BCUT2D eigenvalue weighted by molar-refractivity contribution is -0.126. The van der Waals surface area contributed by atoms with E-state index >= 15 is 0 Å². The minimum absolute atomic E-state index is 0.0709. The molecule has 3 heteroatoms. The van der Waals surface area contributed by atoms with E-state index in [9.17, 15) is 4.79 Å². The third-order valence-corrected chi connectivity index (χ3v) is 1.74. The molecule has 1 rings (SSSR count). The lowest BCUT2D eigenvalue weighted by Gasteiger charge is -2.31. The summed E-state index contributed by atoms with van der Waals surface area (Å²) in [6.07, 6.45) is 1.63. The van der Waals surface area contributed by atoms with E-state index in [0.717, 1.165) is 13.1 Å². The summed E-state index contributed by atoms with van der Waals surface area (Å²) >= 11 is 0. The molecule has 3 nitrogen and oxygen atoms in total. The Morgan fingerprint density at radius 1 is 1.64 bits per heavy atom. The highest BCUT2D eigenvalue weighted by atomic mass is 16.2. The van der Waals surface area contributed by atoms with Crippen molar-refractivity contribution in [3.8, 4) is 0 Å². The topological polar surface area (TPSA) is 32.7 Å². The lowest BCUT2D eigenvalue weighted by Crippen LogP contribution is -2.41. The summed E-state index contributed by atoms with van der Waals surface area (Å²) in [5.74, 6) is 0.0709. The minimum atomic E-state index is 0.0709. The van der Waals surface area contributed by atoms with E-state index < -0.39 is 0 Å². The molecule has 11 heavy (non-hydrogen) atoms. The molecule has 0 atom stereocenters. The molecule has 1 aliphatic rings. The van der Waals surface area contributed by atoms with E-state index in [1.54, 1.807) is 18.2 Å². The molecule has 0 aromatic heterocycles. The van der Waals surface area contributed by atoms with Gasteiger partial charge in [-0.05, 0) is 0 Å². The summed E-state index contributed by atoms with van der Waals surface area (Å²) in [6.45, 7) is 7.38. The SMILES string of the molecule is CC(=O)N1C=NCC(C)(C)C1. The maximum absolute atomic E-state index is 10.9. The zero-order valence-electron chi connectivity index (χ0n) is 7.29. The number of hydrogen-bond donors (Lipinski definition) is 0. The van der Waals surface area contributed by atoms with Gasteiger partial charge in [-0.1, -0.05) is 13.8 Å². The smallest absolute Gasteiger partial charge is 0.224 e. The summed E-state index contributed by atoms with van der Waals surface area (Å²) in [7, 11) is 0. The van der Waals surface area contributed by atoms with Crippen LogP contribution in [0.4, 0.5) is 0 Å². The van der Waals surface area contributed by atoms with E-state index in [1.165, 1.54) is 0 Å². The average Bonchev–Trinajstić information content (AvgIpc) is 1.85. The molecule has 0 spiro atoms. The van der Waals surface area contributed by atoms with Gasteiger partial charge in [-0.25, -0.2) is 0 Å². The largest absolute Gasteiger partial charge is 0.303 e. The Morgan fingerprint density at radius 3 is 2.64 bits per heavy atom. The van der Waals surface area contributed by atoms with Gasteiger partial charge in [0.05, 0.1) is 6.34 Å². The highest BCUT2D eigenvalue weighted by molar-refractivity contribution is 5.86. The van der Waals surface area contributed by atoms with Crippen molar-refractivity contribution in [3.05, 3.63) is 0 Å². The Morgan fingerprint density at radius 2 is 2.27 bits per heavy atom. The van der Waals surface area contributed by atoms with Gasteiger partial charge in [-0.15, -0.1) is 0 Å². The van der Waals surface area contributed by atoms with E-state index in [0.29, 0.717) is 0 Å². The molecule has 0 aliphatic carbocycles. The fourth-order valence-corrected chi connectivity index (χ4v) is 1.13. The second-order valence-corrected chi connectivity index (χ2v) is 3.77. The highest BCUT2D eigenvalue weighted by Gasteiger charge is 2.25. The van der Waals surface area contributed by atoms with Gasteiger partial charge in [0.1, 0.15) is 0 Å². The molecule has 0 aromatic rings. The van der Waals surface area contributed by atoms with Gasteiger partial charge in [0.2, 0.25) is 5.91 Å². The van der Waals surface area contributed by atoms with Crippen molar-refractivity contribution in [2.75, 3.05) is 13.1 Å². The third kappa shape index (κ3) is 2.03. The molecule has 1 aliphatic heterocycles. The Bertz CT molecular complexity index is 196. The fourth-order valence-electron chi connectivity index (χ4n) is 1.13. The Kier molecular flexibility index (Phi) is 1.98. The molecule has 1 amide bonds. The van der Waals surface area contributed by atoms with Gasteiger partial charge in [0, 0.05) is 25.4 Å². The zero-order valence-corrected chi connectivity index (χ0v) is 7.29. The van der Waals surface area contributed by atoms with Crippen LogP contribution in [0, 0.1) is 5.41 Å². The second kappa shape index (κ2) is 2.64. The van der Waals surface area contributed by atoms with Crippen molar-refractivity contribution in [3.63, 3.8) is 0 Å². The van der Waals surface area contributed by atoms with E-state index in [4.69, 9.17) is 0 Å². The third-order valence-electron chi connectivity index (χ3n) is 1.74. The molecule has 0 fully saturated rings. The first-order valence-corrected chi connectivity index (χ1v) is 3.78. The predicted octanol–water partition coefficient (Wildman–Crippen LogP) is 0.903. The van der Waals surface area contributed by atoms with Crippen LogP contribution in [0.3, 0.4) is 0 Å². The number of carbonyl (C=O) groups excluding carboxylic acids is 1. The van der Waals surface area contributed by atoms with Crippen LogP contribution < -0.4 is 0 Å². The van der Waals surface area contributed by atoms with E-state index in [1.807, 2.05) is 0 Å². The summed E-state index contributed by atoms with van der Waals surface area (Å²) in [6, 6.07) is 0. The van der Waals surface area contributed by atoms with Crippen LogP contribution in [0.1, 0.15) is 20.8 Å². The van der Waals surface area contributed by atoms with Gasteiger partial charge < -0.3 is 4.90 Å². The maximum Gasteiger partial charge on any atom is 0.224 e. The lowest BCUT2D eigenvalue weighted by atomic mass is 9.92. The number of amides is 1. The maximum atomic E-state index is 10.9. The normalized spacial score (nSPS) is 21.9. The van der Waals surface area contributed by atoms with Crippen LogP contribution in [0.25, 0.3) is 0 Å². The van der Waals surface area contributed by atoms with Crippen LogP contribution in [0.5, 0.6) is 0 Å². The summed E-state index contributed by atoms with van der Waals surface area (Å²) in [5, 5.41) is 0. The Hall–Kier alpha value is -0.860. The Balaban J connectivity index is 2.67. The molecule has 0 bridgehead atoms. The molecule has 0 aromatic carbocycles. The van der Waals surface area contributed by atoms with Crippen molar-refractivity contribution >= 4 is 12.2 Å². The molecule has 0 unspecified atom stereocenters. The first kappa shape index (κ1) is 8.24. The van der Waals surface area contributed by atoms with Crippen LogP contribution in [0.15, 0.2) is 4.99 Å². The van der Waals surface area contributed by atoms with Gasteiger partial charge >= 0.3 is 0 Å².